The van der Waals surface area contributed by atoms with Gasteiger partial charge >= 0.3 is 0 Å². The molecule has 0 aliphatic carbocycles. The Bertz CT molecular complexity index is 918. The van der Waals surface area contributed by atoms with Crippen molar-refractivity contribution in [2.75, 3.05) is 13.2 Å². The summed E-state index contributed by atoms with van der Waals surface area (Å²) in [5.41, 5.74) is 4.90. The average molecular weight is 332 g/mol. The van der Waals surface area contributed by atoms with Crippen molar-refractivity contribution in [3.05, 3.63) is 72.2 Å². The predicted molar refractivity (Wildman–Crippen MR) is 96.0 cm³/mol. The van der Waals surface area contributed by atoms with E-state index in [0.29, 0.717) is 12.1 Å². The molecule has 0 radical (unpaired) electrons. The van der Waals surface area contributed by atoms with Crippen molar-refractivity contribution in [1.82, 2.24) is 19.5 Å². The first-order valence-corrected chi connectivity index (χ1v) is 8.75. The van der Waals surface area contributed by atoms with Gasteiger partial charge in [0.15, 0.2) is 5.65 Å². The molecule has 2 aliphatic heterocycles. The third-order valence-electron chi connectivity index (χ3n) is 5.21. The van der Waals surface area contributed by atoms with Gasteiger partial charge < -0.3 is 4.74 Å². The molecule has 2 aromatic heterocycles. The fraction of sp³-hybridized carbons (Fsp3) is 0.300. The van der Waals surface area contributed by atoms with Crippen LogP contribution in [0.1, 0.15) is 17.5 Å². The molecule has 126 valence electrons. The summed E-state index contributed by atoms with van der Waals surface area (Å²) in [4.78, 5) is 2.58. The van der Waals surface area contributed by atoms with Crippen LogP contribution in [-0.4, -0.2) is 44.8 Å². The highest BCUT2D eigenvalue weighted by molar-refractivity contribution is 5.68. The van der Waals surface area contributed by atoms with E-state index in [-0.39, 0.29) is 0 Å². The van der Waals surface area contributed by atoms with Gasteiger partial charge in [-0.3, -0.25) is 9.30 Å². The summed E-state index contributed by atoms with van der Waals surface area (Å²) in [7, 11) is 0. The van der Waals surface area contributed by atoms with Crippen molar-refractivity contribution in [3.8, 4) is 0 Å². The SMILES string of the molecule is C1=C(c2ccc3nncn3c2)CC2COCC1N2Cc1ccccc1. The molecule has 5 heteroatoms. The highest BCUT2D eigenvalue weighted by Crippen LogP contribution is 2.33. The molecule has 5 rings (SSSR count). The van der Waals surface area contributed by atoms with E-state index in [0.717, 1.165) is 31.8 Å². The number of benzene rings is 1. The van der Waals surface area contributed by atoms with Gasteiger partial charge in [0.1, 0.15) is 6.33 Å². The van der Waals surface area contributed by atoms with Crippen LogP contribution in [0.5, 0.6) is 0 Å². The lowest BCUT2D eigenvalue weighted by Crippen LogP contribution is -2.53. The first-order valence-electron chi connectivity index (χ1n) is 8.75. The molecular weight excluding hydrogens is 312 g/mol. The molecular formula is C20H20N4O. The fourth-order valence-corrected chi connectivity index (χ4v) is 3.93. The molecule has 0 saturated carbocycles. The lowest BCUT2D eigenvalue weighted by Gasteiger charge is -2.44. The number of hydrogen-bond acceptors (Lipinski definition) is 4. The smallest absolute Gasteiger partial charge is 0.160 e. The third-order valence-corrected chi connectivity index (χ3v) is 5.21. The normalized spacial score (nSPS) is 23.6. The number of pyridine rings is 1. The first-order chi connectivity index (χ1) is 12.4. The van der Waals surface area contributed by atoms with Crippen molar-refractivity contribution >= 4 is 11.2 Å². The van der Waals surface area contributed by atoms with Gasteiger partial charge in [-0.2, -0.15) is 0 Å². The Morgan fingerprint density at radius 1 is 1.08 bits per heavy atom. The summed E-state index contributed by atoms with van der Waals surface area (Å²) in [6.45, 7) is 2.55. The zero-order valence-electron chi connectivity index (χ0n) is 14.0. The van der Waals surface area contributed by atoms with Crippen molar-refractivity contribution in [2.45, 2.75) is 25.0 Å². The van der Waals surface area contributed by atoms with Gasteiger partial charge in [0.2, 0.25) is 0 Å². The van der Waals surface area contributed by atoms with E-state index in [2.05, 4.69) is 63.8 Å². The number of hydrogen-bond donors (Lipinski definition) is 0. The van der Waals surface area contributed by atoms with Crippen LogP contribution >= 0.6 is 0 Å². The minimum absolute atomic E-state index is 0.333. The molecule has 1 fully saturated rings. The molecule has 0 amide bonds. The Labute approximate surface area is 146 Å². The van der Waals surface area contributed by atoms with Crippen LogP contribution in [-0.2, 0) is 11.3 Å². The third kappa shape index (κ3) is 2.75. The topological polar surface area (TPSA) is 42.7 Å². The first kappa shape index (κ1) is 14.8. The molecule has 4 heterocycles. The van der Waals surface area contributed by atoms with Crippen LogP contribution in [0.2, 0.25) is 0 Å². The molecule has 0 N–H and O–H groups in total. The highest BCUT2D eigenvalue weighted by Gasteiger charge is 2.34. The van der Waals surface area contributed by atoms with Gasteiger partial charge in [-0.15, -0.1) is 10.2 Å². The fourth-order valence-electron chi connectivity index (χ4n) is 3.93. The van der Waals surface area contributed by atoms with Crippen molar-refractivity contribution in [1.29, 1.82) is 0 Å². The summed E-state index contributed by atoms with van der Waals surface area (Å²) >= 11 is 0. The van der Waals surface area contributed by atoms with Gasteiger partial charge in [0.25, 0.3) is 0 Å². The lowest BCUT2D eigenvalue weighted by atomic mass is 9.90. The maximum Gasteiger partial charge on any atom is 0.160 e. The Hall–Kier alpha value is -2.50. The van der Waals surface area contributed by atoms with Crippen LogP contribution in [0.15, 0.2) is 61.1 Å². The van der Waals surface area contributed by atoms with Crippen molar-refractivity contribution < 1.29 is 4.74 Å². The molecule has 2 unspecified atom stereocenters. The van der Waals surface area contributed by atoms with Crippen LogP contribution in [0.4, 0.5) is 0 Å². The Morgan fingerprint density at radius 3 is 2.88 bits per heavy atom. The molecule has 2 bridgehead atoms. The average Bonchev–Trinajstić information content (AvgIpc) is 3.10. The summed E-state index contributed by atoms with van der Waals surface area (Å²) in [5.74, 6) is 0. The molecule has 5 nitrogen and oxygen atoms in total. The van der Waals surface area contributed by atoms with E-state index in [4.69, 9.17) is 4.74 Å². The summed E-state index contributed by atoms with van der Waals surface area (Å²) in [5, 5.41) is 8.06. The molecule has 1 aromatic carbocycles. The Morgan fingerprint density at radius 2 is 2.00 bits per heavy atom. The van der Waals surface area contributed by atoms with Gasteiger partial charge in [-0.25, -0.2) is 0 Å². The molecule has 2 atom stereocenters. The van der Waals surface area contributed by atoms with E-state index in [1.54, 1.807) is 6.33 Å². The minimum Gasteiger partial charge on any atom is -0.378 e. The quantitative estimate of drug-likeness (QED) is 0.740. The standard InChI is InChI=1S/C20H20N4O/c1-2-4-15(5-3-1)10-24-18-8-17(9-19(24)13-25-12-18)16-6-7-20-22-21-14-23(20)11-16/h1-8,11,14,18-19H,9-10,12-13H2. The van der Waals surface area contributed by atoms with Gasteiger partial charge in [-0.05, 0) is 35.3 Å². The van der Waals surface area contributed by atoms with Gasteiger partial charge in [-0.1, -0.05) is 36.4 Å². The summed E-state index contributed by atoms with van der Waals surface area (Å²) in [6, 6.07) is 15.6. The number of ether oxygens (including phenoxy) is 1. The monoisotopic (exact) mass is 332 g/mol. The molecule has 1 saturated heterocycles. The maximum atomic E-state index is 5.84. The van der Waals surface area contributed by atoms with Crippen molar-refractivity contribution in [2.24, 2.45) is 0 Å². The second kappa shape index (κ2) is 6.10. The highest BCUT2D eigenvalue weighted by atomic mass is 16.5. The number of aromatic nitrogens is 3. The Kier molecular flexibility index (Phi) is 3.61. The Balaban J connectivity index is 1.45. The second-order valence-corrected chi connectivity index (χ2v) is 6.83. The van der Waals surface area contributed by atoms with Crippen LogP contribution in [0.25, 0.3) is 11.2 Å². The number of morpholine rings is 1. The van der Waals surface area contributed by atoms with E-state index < -0.39 is 0 Å². The van der Waals surface area contributed by atoms with Gasteiger partial charge in [0, 0.05) is 18.8 Å². The van der Waals surface area contributed by atoms with Crippen LogP contribution in [0.3, 0.4) is 0 Å². The van der Waals surface area contributed by atoms with Gasteiger partial charge in [0.05, 0.1) is 19.3 Å². The second-order valence-electron chi connectivity index (χ2n) is 6.83. The van der Waals surface area contributed by atoms with E-state index in [1.807, 2.05) is 10.5 Å². The lowest BCUT2D eigenvalue weighted by molar-refractivity contribution is -0.0402. The number of rotatable bonds is 3. The van der Waals surface area contributed by atoms with Crippen LogP contribution < -0.4 is 0 Å². The molecule has 25 heavy (non-hydrogen) atoms. The number of nitrogens with zero attached hydrogens (tertiary/aromatic N) is 4. The van der Waals surface area contributed by atoms with E-state index in [9.17, 15) is 0 Å². The predicted octanol–water partition coefficient (Wildman–Crippen LogP) is 2.79. The van der Waals surface area contributed by atoms with Crippen LogP contribution in [0, 0.1) is 0 Å². The zero-order valence-corrected chi connectivity index (χ0v) is 14.0. The summed E-state index contributed by atoms with van der Waals surface area (Å²) in [6.07, 6.45) is 7.28. The van der Waals surface area contributed by atoms with E-state index in [1.165, 1.54) is 16.7 Å². The molecule has 3 aromatic rings. The zero-order chi connectivity index (χ0) is 16.6. The maximum absolute atomic E-state index is 5.84. The van der Waals surface area contributed by atoms with Crippen molar-refractivity contribution in [3.63, 3.8) is 0 Å². The number of fused-ring (bicyclic) bond motifs is 3. The van der Waals surface area contributed by atoms with E-state index >= 15 is 0 Å². The molecule has 2 aliphatic rings. The molecule has 0 spiro atoms. The largest absolute Gasteiger partial charge is 0.378 e. The minimum atomic E-state index is 0.333. The summed E-state index contributed by atoms with van der Waals surface area (Å²) < 4.78 is 7.82.